The van der Waals surface area contributed by atoms with E-state index in [1.807, 2.05) is 12.1 Å². The number of halogens is 1. The molecule has 4 rings (SSSR count). The lowest BCUT2D eigenvalue weighted by Gasteiger charge is -2.38. The standard InChI is InChI=1S/C19H20FN3O3/c20-15-5-3-14(4-6-15)12-19(7-10-24-11-8-19)21-13-17-22-18(23-26-17)16-2-1-9-25-16/h1-6,9,21H,7-8,10-13H2. The maximum Gasteiger partial charge on any atom is 0.241 e. The van der Waals surface area contributed by atoms with Gasteiger partial charge in [-0.3, -0.25) is 0 Å². The van der Waals surface area contributed by atoms with Crippen molar-refractivity contribution in [2.24, 2.45) is 0 Å². The summed E-state index contributed by atoms with van der Waals surface area (Å²) in [6.45, 7) is 1.83. The molecule has 1 fully saturated rings. The van der Waals surface area contributed by atoms with Crippen molar-refractivity contribution in [2.75, 3.05) is 13.2 Å². The lowest BCUT2D eigenvalue weighted by atomic mass is 9.83. The molecule has 0 radical (unpaired) electrons. The SMILES string of the molecule is Fc1ccc(CC2(NCc3nc(-c4ccco4)no3)CCOCC2)cc1. The van der Waals surface area contributed by atoms with E-state index in [2.05, 4.69) is 15.5 Å². The Balaban J connectivity index is 1.46. The first-order chi connectivity index (χ1) is 12.7. The Morgan fingerprint density at radius 3 is 2.65 bits per heavy atom. The molecule has 1 saturated heterocycles. The van der Waals surface area contributed by atoms with Gasteiger partial charge in [-0.1, -0.05) is 17.3 Å². The predicted molar refractivity (Wildman–Crippen MR) is 91.7 cm³/mol. The highest BCUT2D eigenvalue weighted by molar-refractivity contribution is 5.44. The first kappa shape index (κ1) is 16.9. The van der Waals surface area contributed by atoms with E-state index in [0.29, 0.717) is 37.2 Å². The van der Waals surface area contributed by atoms with Crippen LogP contribution in [0.5, 0.6) is 0 Å². The van der Waals surface area contributed by atoms with Crippen LogP contribution in [0.25, 0.3) is 11.6 Å². The Morgan fingerprint density at radius 1 is 1.12 bits per heavy atom. The molecule has 0 unspecified atom stereocenters. The highest BCUT2D eigenvalue weighted by atomic mass is 19.1. The van der Waals surface area contributed by atoms with Crippen molar-refractivity contribution >= 4 is 0 Å². The largest absolute Gasteiger partial charge is 0.461 e. The van der Waals surface area contributed by atoms with Crippen molar-refractivity contribution in [1.29, 1.82) is 0 Å². The average molecular weight is 357 g/mol. The van der Waals surface area contributed by atoms with Crippen LogP contribution in [0.4, 0.5) is 4.39 Å². The first-order valence-electron chi connectivity index (χ1n) is 8.66. The Hall–Kier alpha value is -2.51. The molecule has 1 N–H and O–H groups in total. The molecule has 6 nitrogen and oxygen atoms in total. The van der Waals surface area contributed by atoms with E-state index in [4.69, 9.17) is 13.7 Å². The summed E-state index contributed by atoms with van der Waals surface area (Å²) in [7, 11) is 0. The van der Waals surface area contributed by atoms with Crippen molar-refractivity contribution < 1.29 is 18.1 Å². The molecule has 7 heteroatoms. The smallest absolute Gasteiger partial charge is 0.241 e. The highest BCUT2D eigenvalue weighted by Crippen LogP contribution is 2.26. The molecule has 1 aromatic carbocycles. The summed E-state index contributed by atoms with van der Waals surface area (Å²) in [4.78, 5) is 4.37. The van der Waals surface area contributed by atoms with E-state index in [0.717, 1.165) is 24.8 Å². The van der Waals surface area contributed by atoms with Gasteiger partial charge in [0.25, 0.3) is 0 Å². The fraction of sp³-hybridized carbons (Fsp3) is 0.368. The third-order valence-corrected chi connectivity index (χ3v) is 4.73. The van der Waals surface area contributed by atoms with Gasteiger partial charge in [0.05, 0.1) is 12.8 Å². The highest BCUT2D eigenvalue weighted by Gasteiger charge is 2.33. The van der Waals surface area contributed by atoms with E-state index >= 15 is 0 Å². The van der Waals surface area contributed by atoms with E-state index in [-0.39, 0.29) is 11.4 Å². The van der Waals surface area contributed by atoms with E-state index in [1.54, 1.807) is 18.4 Å². The summed E-state index contributed by atoms with van der Waals surface area (Å²) in [5, 5.41) is 7.53. The third kappa shape index (κ3) is 3.84. The minimum atomic E-state index is -0.223. The Morgan fingerprint density at radius 2 is 1.92 bits per heavy atom. The van der Waals surface area contributed by atoms with Crippen LogP contribution in [-0.2, 0) is 17.7 Å². The van der Waals surface area contributed by atoms with Gasteiger partial charge in [0.15, 0.2) is 5.76 Å². The van der Waals surface area contributed by atoms with Crippen molar-refractivity contribution in [3.8, 4) is 11.6 Å². The second-order valence-electron chi connectivity index (χ2n) is 6.54. The normalized spacial score (nSPS) is 16.7. The average Bonchev–Trinajstić information content (AvgIpc) is 3.34. The molecule has 136 valence electrons. The number of ether oxygens (including phenoxy) is 1. The molecule has 1 aliphatic heterocycles. The van der Waals surface area contributed by atoms with E-state index < -0.39 is 0 Å². The van der Waals surface area contributed by atoms with Gasteiger partial charge < -0.3 is 19.0 Å². The Bertz CT molecular complexity index is 824. The van der Waals surface area contributed by atoms with Crippen LogP contribution >= 0.6 is 0 Å². The van der Waals surface area contributed by atoms with Gasteiger partial charge in [0, 0.05) is 18.8 Å². The second-order valence-corrected chi connectivity index (χ2v) is 6.54. The van der Waals surface area contributed by atoms with Crippen molar-refractivity contribution in [3.63, 3.8) is 0 Å². The summed E-state index contributed by atoms with van der Waals surface area (Å²) < 4.78 is 29.3. The minimum Gasteiger partial charge on any atom is -0.461 e. The zero-order chi connectivity index (χ0) is 17.8. The lowest BCUT2D eigenvalue weighted by molar-refractivity contribution is 0.0362. The topological polar surface area (TPSA) is 73.3 Å². The van der Waals surface area contributed by atoms with E-state index in [9.17, 15) is 4.39 Å². The number of hydrogen-bond acceptors (Lipinski definition) is 6. The Labute approximate surface area is 150 Å². The molecular formula is C19H20FN3O3. The van der Waals surface area contributed by atoms with Crippen LogP contribution in [0.1, 0.15) is 24.3 Å². The lowest BCUT2D eigenvalue weighted by Crippen LogP contribution is -2.50. The van der Waals surface area contributed by atoms with Gasteiger partial charge in [-0.2, -0.15) is 4.98 Å². The molecule has 0 spiro atoms. The number of rotatable bonds is 6. The maximum absolute atomic E-state index is 13.2. The van der Waals surface area contributed by atoms with Crippen molar-refractivity contribution in [1.82, 2.24) is 15.5 Å². The molecule has 1 aliphatic rings. The number of nitrogens with zero attached hydrogens (tertiary/aromatic N) is 2. The fourth-order valence-electron chi connectivity index (χ4n) is 3.27. The molecule has 3 aromatic rings. The summed E-state index contributed by atoms with van der Waals surface area (Å²) in [6.07, 6.45) is 4.09. The summed E-state index contributed by atoms with van der Waals surface area (Å²) >= 11 is 0. The molecule has 26 heavy (non-hydrogen) atoms. The van der Waals surface area contributed by atoms with Gasteiger partial charge in [0.1, 0.15) is 5.82 Å². The first-order valence-corrected chi connectivity index (χ1v) is 8.66. The molecule has 0 atom stereocenters. The van der Waals surface area contributed by atoms with Gasteiger partial charge in [0.2, 0.25) is 11.7 Å². The van der Waals surface area contributed by atoms with Gasteiger partial charge in [-0.15, -0.1) is 0 Å². The molecule has 0 amide bonds. The summed E-state index contributed by atoms with van der Waals surface area (Å²) in [6, 6.07) is 10.2. The summed E-state index contributed by atoms with van der Waals surface area (Å²) in [5.74, 6) is 1.29. The zero-order valence-electron chi connectivity index (χ0n) is 14.3. The number of benzene rings is 1. The molecule has 2 aromatic heterocycles. The number of furan rings is 1. The van der Waals surface area contributed by atoms with Crippen LogP contribution in [0, 0.1) is 5.82 Å². The van der Waals surface area contributed by atoms with Crippen LogP contribution in [0.3, 0.4) is 0 Å². The van der Waals surface area contributed by atoms with Crippen LogP contribution in [-0.4, -0.2) is 28.9 Å². The second kappa shape index (κ2) is 7.39. The minimum absolute atomic E-state index is 0.143. The van der Waals surface area contributed by atoms with Crippen molar-refractivity contribution in [3.05, 3.63) is 59.9 Å². The molecule has 0 aliphatic carbocycles. The van der Waals surface area contributed by atoms with Crippen LogP contribution in [0.15, 0.2) is 51.6 Å². The fourth-order valence-corrected chi connectivity index (χ4v) is 3.27. The zero-order valence-corrected chi connectivity index (χ0v) is 14.3. The predicted octanol–water partition coefficient (Wildman–Crippen LogP) is 3.35. The van der Waals surface area contributed by atoms with Gasteiger partial charge >= 0.3 is 0 Å². The van der Waals surface area contributed by atoms with Crippen molar-refractivity contribution in [2.45, 2.75) is 31.3 Å². The molecule has 0 bridgehead atoms. The summed E-state index contributed by atoms with van der Waals surface area (Å²) in [5.41, 5.74) is 0.942. The number of aromatic nitrogens is 2. The quantitative estimate of drug-likeness (QED) is 0.729. The Kier molecular flexibility index (Phi) is 4.81. The molecular weight excluding hydrogens is 337 g/mol. The van der Waals surface area contributed by atoms with Gasteiger partial charge in [-0.05, 0) is 49.1 Å². The maximum atomic E-state index is 13.2. The third-order valence-electron chi connectivity index (χ3n) is 4.73. The monoisotopic (exact) mass is 357 g/mol. The molecule has 0 saturated carbocycles. The molecule has 3 heterocycles. The van der Waals surface area contributed by atoms with Gasteiger partial charge in [-0.25, -0.2) is 4.39 Å². The number of hydrogen-bond donors (Lipinski definition) is 1. The number of nitrogens with one attached hydrogen (secondary N) is 1. The van der Waals surface area contributed by atoms with Crippen LogP contribution in [0.2, 0.25) is 0 Å². The van der Waals surface area contributed by atoms with E-state index in [1.165, 1.54) is 12.1 Å². The van der Waals surface area contributed by atoms with Crippen LogP contribution < -0.4 is 5.32 Å².